The fraction of sp³-hybridized carbons (Fsp3) is 0.385. The van der Waals surface area contributed by atoms with E-state index in [0.717, 1.165) is 18.2 Å². The summed E-state index contributed by atoms with van der Waals surface area (Å²) in [4.78, 5) is 27.4. The third kappa shape index (κ3) is 6.18. The first-order valence-electron chi connectivity index (χ1n) is 12.3. The van der Waals surface area contributed by atoms with Crippen LogP contribution >= 0.6 is 11.6 Å². The first-order valence-corrected chi connectivity index (χ1v) is 16.4. The van der Waals surface area contributed by atoms with Gasteiger partial charge in [0.25, 0.3) is 0 Å². The van der Waals surface area contributed by atoms with Crippen LogP contribution < -0.4 is 4.90 Å². The summed E-state index contributed by atoms with van der Waals surface area (Å²) in [6.07, 6.45) is 3.06. The first-order chi connectivity index (χ1) is 18.4. The molecule has 0 spiro atoms. The van der Waals surface area contributed by atoms with E-state index < -0.39 is 43.3 Å². The smallest absolute Gasteiger partial charge is 0.353 e. The number of hydrogen-bond acceptors (Lipinski definition) is 5. The van der Waals surface area contributed by atoms with E-state index in [9.17, 15) is 27.9 Å². The highest BCUT2D eigenvalue weighted by Gasteiger charge is 2.39. The van der Waals surface area contributed by atoms with Gasteiger partial charge in [-0.15, -0.1) is 0 Å². The summed E-state index contributed by atoms with van der Waals surface area (Å²) >= 11 is 6.80. The number of hydrogen-bond donors (Lipinski definition) is 1. The Morgan fingerprint density at radius 1 is 1.21 bits per heavy atom. The molecule has 3 aromatic rings. The lowest BCUT2D eigenvalue weighted by Crippen LogP contribution is -2.31. The number of anilines is 1. The fourth-order valence-electron chi connectivity index (χ4n) is 4.57. The second-order valence-corrected chi connectivity index (χ2v) is 16.6. The molecule has 39 heavy (non-hydrogen) atoms. The molecule has 208 valence electrons. The number of rotatable bonds is 10. The van der Waals surface area contributed by atoms with Gasteiger partial charge in [-0.05, 0) is 42.6 Å². The van der Waals surface area contributed by atoms with Crippen LogP contribution in [0.5, 0.6) is 0 Å². The average molecular weight is 581 g/mol. The highest BCUT2D eigenvalue weighted by atomic mass is 35.5. The Morgan fingerprint density at radius 2 is 1.90 bits per heavy atom. The van der Waals surface area contributed by atoms with Gasteiger partial charge in [0.15, 0.2) is 17.5 Å². The van der Waals surface area contributed by atoms with Crippen LogP contribution in [0, 0.1) is 23.4 Å². The molecular formula is C26H28ClF3N4O4Si. The van der Waals surface area contributed by atoms with Gasteiger partial charge in [0.1, 0.15) is 18.2 Å². The molecule has 1 aliphatic heterocycles. The lowest BCUT2D eigenvalue weighted by molar-refractivity contribution is -0.120. The maximum absolute atomic E-state index is 13.8. The molecule has 1 atom stereocenters. The number of amides is 1. The third-order valence-electron chi connectivity index (χ3n) is 6.57. The van der Waals surface area contributed by atoms with E-state index >= 15 is 0 Å². The second-order valence-electron chi connectivity index (χ2n) is 10.6. The molecule has 8 nitrogen and oxygen atoms in total. The minimum Gasteiger partial charge on any atom is -0.477 e. The number of ether oxygens (including phenoxy) is 1. The molecule has 1 aliphatic rings. The maximum Gasteiger partial charge on any atom is 0.353 e. The zero-order valence-corrected chi connectivity index (χ0v) is 23.4. The summed E-state index contributed by atoms with van der Waals surface area (Å²) in [7, 11) is -1.43. The van der Waals surface area contributed by atoms with Crippen molar-refractivity contribution in [1.29, 1.82) is 0 Å². The summed E-state index contributed by atoms with van der Waals surface area (Å²) in [6.45, 7) is 6.98. The number of benzene rings is 1. The van der Waals surface area contributed by atoms with Crippen LogP contribution in [0.4, 0.5) is 19.0 Å². The molecule has 4 rings (SSSR count). The van der Waals surface area contributed by atoms with Crippen LogP contribution in [0.1, 0.15) is 22.5 Å². The molecule has 1 N–H and O–H groups in total. The molecule has 0 bridgehead atoms. The van der Waals surface area contributed by atoms with E-state index in [1.54, 1.807) is 6.07 Å². The summed E-state index contributed by atoms with van der Waals surface area (Å²) in [5, 5.41) is 17.8. The van der Waals surface area contributed by atoms with E-state index in [1.807, 2.05) is 0 Å². The second kappa shape index (κ2) is 11.5. The molecule has 13 heteroatoms. The predicted octanol–water partition coefficient (Wildman–Crippen LogP) is 5.62. The van der Waals surface area contributed by atoms with Crippen molar-refractivity contribution in [2.24, 2.45) is 5.92 Å². The zero-order valence-electron chi connectivity index (χ0n) is 21.7. The standard InChI is InChI=1S/C26H28ClF3N4O4Si/c1-39(2,3)9-8-38-14-34-23(26(36)37)20(17-4-6-31-32-13-17)21(27)24(34)33-7-5-16(25(33)35)10-15-11-18(28)22(30)19(29)12-15/h4,6,11-13,16H,5,7-10,14H2,1-3H3,(H,36,37). The van der Waals surface area contributed by atoms with Gasteiger partial charge in [-0.3, -0.25) is 14.3 Å². The minimum absolute atomic E-state index is 0.0264. The van der Waals surface area contributed by atoms with Crippen LogP contribution in [-0.2, 0) is 22.7 Å². The van der Waals surface area contributed by atoms with E-state index in [4.69, 9.17) is 16.3 Å². The lowest BCUT2D eigenvalue weighted by Gasteiger charge is -2.22. The molecule has 1 aromatic carbocycles. The first kappa shape index (κ1) is 28.8. The fourth-order valence-corrected chi connectivity index (χ4v) is 5.73. The van der Waals surface area contributed by atoms with Crippen LogP contribution in [0.3, 0.4) is 0 Å². The van der Waals surface area contributed by atoms with Crippen molar-refractivity contribution in [2.75, 3.05) is 18.1 Å². The molecule has 1 saturated heterocycles. The number of aromatic carboxylic acids is 1. The van der Waals surface area contributed by atoms with Crippen LogP contribution in [0.25, 0.3) is 11.1 Å². The average Bonchev–Trinajstić information content (AvgIpc) is 3.36. The van der Waals surface area contributed by atoms with Gasteiger partial charge in [0.05, 0.1) is 17.4 Å². The monoisotopic (exact) mass is 580 g/mol. The van der Waals surface area contributed by atoms with Crippen molar-refractivity contribution >= 4 is 37.4 Å². The van der Waals surface area contributed by atoms with Gasteiger partial charge in [-0.2, -0.15) is 10.2 Å². The predicted molar refractivity (Wildman–Crippen MR) is 142 cm³/mol. The van der Waals surface area contributed by atoms with Crippen LogP contribution in [0.15, 0.2) is 30.6 Å². The number of halogens is 4. The summed E-state index contributed by atoms with van der Waals surface area (Å²) in [5.74, 6) is -6.44. The molecule has 3 heterocycles. The van der Waals surface area contributed by atoms with E-state index in [1.165, 1.54) is 21.9 Å². The highest BCUT2D eigenvalue weighted by molar-refractivity contribution is 6.76. The molecule has 0 radical (unpaired) electrons. The number of carboxylic acids is 1. The van der Waals surface area contributed by atoms with Crippen molar-refractivity contribution < 1.29 is 32.6 Å². The molecule has 0 saturated carbocycles. The molecule has 1 unspecified atom stereocenters. The Labute approximate surface area is 229 Å². The van der Waals surface area contributed by atoms with Gasteiger partial charge >= 0.3 is 5.97 Å². The molecule has 2 aromatic heterocycles. The van der Waals surface area contributed by atoms with Gasteiger partial charge in [0, 0.05) is 38.3 Å². The zero-order chi connectivity index (χ0) is 28.5. The SMILES string of the molecule is C[Si](C)(C)CCOCn1c(C(=O)O)c(-c2ccnnc2)c(Cl)c1N1CCC(Cc2cc(F)c(F)c(F)c2)C1=O. The maximum atomic E-state index is 13.8. The van der Waals surface area contributed by atoms with Gasteiger partial charge < -0.3 is 9.84 Å². The van der Waals surface area contributed by atoms with Crippen LogP contribution in [0.2, 0.25) is 30.7 Å². The number of carboxylic acid groups (broad SMARTS) is 1. The Morgan fingerprint density at radius 3 is 2.49 bits per heavy atom. The molecule has 0 aliphatic carbocycles. The molecule has 1 fully saturated rings. The van der Waals surface area contributed by atoms with E-state index in [2.05, 4.69) is 29.8 Å². The number of nitrogens with zero attached hydrogens (tertiary/aromatic N) is 4. The summed E-state index contributed by atoms with van der Waals surface area (Å²) < 4.78 is 48.2. The van der Waals surface area contributed by atoms with E-state index in [0.29, 0.717) is 18.6 Å². The highest BCUT2D eigenvalue weighted by Crippen LogP contribution is 2.43. The van der Waals surface area contributed by atoms with Crippen molar-refractivity contribution in [3.05, 3.63) is 64.3 Å². The summed E-state index contributed by atoms with van der Waals surface area (Å²) in [6, 6.07) is 4.14. The minimum atomic E-state index is -1.57. The Kier molecular flexibility index (Phi) is 8.47. The van der Waals surface area contributed by atoms with Crippen molar-refractivity contribution in [2.45, 2.75) is 45.3 Å². The number of aromatic nitrogens is 3. The largest absolute Gasteiger partial charge is 0.477 e. The Balaban J connectivity index is 1.72. The quantitative estimate of drug-likeness (QED) is 0.190. The van der Waals surface area contributed by atoms with Crippen molar-refractivity contribution in [1.82, 2.24) is 14.8 Å². The number of carbonyl (C=O) groups excluding carboxylic acids is 1. The number of carbonyl (C=O) groups is 2. The molecule has 1 amide bonds. The van der Waals surface area contributed by atoms with Gasteiger partial charge in [-0.25, -0.2) is 18.0 Å². The Bertz CT molecular complexity index is 1380. The van der Waals surface area contributed by atoms with Gasteiger partial charge in [-0.1, -0.05) is 31.2 Å². The summed E-state index contributed by atoms with van der Waals surface area (Å²) in [5.41, 5.74) is 0.532. The van der Waals surface area contributed by atoms with E-state index in [-0.39, 0.29) is 47.4 Å². The lowest BCUT2D eigenvalue weighted by atomic mass is 9.98. The third-order valence-corrected chi connectivity index (χ3v) is 8.63. The van der Waals surface area contributed by atoms with Crippen molar-refractivity contribution in [3.8, 4) is 11.1 Å². The van der Waals surface area contributed by atoms with Gasteiger partial charge in [0.2, 0.25) is 5.91 Å². The van der Waals surface area contributed by atoms with Crippen molar-refractivity contribution in [3.63, 3.8) is 0 Å². The van der Waals surface area contributed by atoms with Crippen LogP contribution in [-0.4, -0.2) is 53.0 Å². The topological polar surface area (TPSA) is 97.5 Å². The Hall–Kier alpha value is -3.22. The normalized spacial score (nSPS) is 15.8. The molecular weight excluding hydrogens is 553 g/mol.